The number of thiophene rings is 1. The number of rotatable bonds is 5. The van der Waals surface area contributed by atoms with Gasteiger partial charge in [0.25, 0.3) is 0 Å². The van der Waals surface area contributed by atoms with Crippen LogP contribution in [-0.2, 0) is 22.4 Å². The predicted molar refractivity (Wildman–Crippen MR) is 113 cm³/mol. The van der Waals surface area contributed by atoms with Crippen LogP contribution in [0.1, 0.15) is 43.0 Å². The van der Waals surface area contributed by atoms with Gasteiger partial charge < -0.3 is 4.74 Å². The van der Waals surface area contributed by atoms with E-state index in [0.29, 0.717) is 5.92 Å². The van der Waals surface area contributed by atoms with E-state index in [2.05, 4.69) is 18.8 Å². The van der Waals surface area contributed by atoms with E-state index >= 15 is 0 Å². The number of aryl methyl sites for hydroxylation is 1. The van der Waals surface area contributed by atoms with Crippen molar-refractivity contribution in [1.82, 2.24) is 15.0 Å². The average molecular weight is 420 g/mol. The quantitative estimate of drug-likeness (QED) is 0.254. The molecule has 1 aliphatic rings. The number of carbonyl (C=O) groups is 1. The summed E-state index contributed by atoms with van der Waals surface area (Å²) in [6, 6.07) is 0. The van der Waals surface area contributed by atoms with Gasteiger partial charge in [0.2, 0.25) is 0 Å². The first-order valence-electron chi connectivity index (χ1n) is 8.93. The molecule has 4 rings (SSSR count). The molecular formula is C19H21N3O2S3. The smallest absolute Gasteiger partial charge is 0.316 e. The molecule has 0 fully saturated rings. The fourth-order valence-electron chi connectivity index (χ4n) is 3.60. The third-order valence-corrected chi connectivity index (χ3v) is 7.50. The highest BCUT2D eigenvalue weighted by atomic mass is 32.2. The van der Waals surface area contributed by atoms with Crippen molar-refractivity contribution in [3.05, 3.63) is 16.8 Å². The SMILES string of the molecule is COC(=O)CSc1nc(SC)nc2c1sc1nc(C(C)C)c3c(c12)CCC3. The Balaban J connectivity index is 1.97. The maximum Gasteiger partial charge on any atom is 0.316 e. The van der Waals surface area contributed by atoms with Crippen LogP contribution in [0.25, 0.3) is 20.4 Å². The minimum Gasteiger partial charge on any atom is -0.468 e. The highest BCUT2D eigenvalue weighted by Gasteiger charge is 2.26. The lowest BCUT2D eigenvalue weighted by molar-refractivity contribution is -0.137. The standard InChI is InChI=1S/C19H21N3O2S3/c1-9(2)14-11-7-5-6-10(11)13-15-16(27-17(13)20-14)18(22-19(21-15)25-4)26-8-12(23)24-3/h9H,5-8H2,1-4H3. The van der Waals surface area contributed by atoms with E-state index in [9.17, 15) is 4.79 Å². The molecule has 0 saturated heterocycles. The van der Waals surface area contributed by atoms with Gasteiger partial charge in [0, 0.05) is 11.1 Å². The van der Waals surface area contributed by atoms with Crippen LogP contribution < -0.4 is 0 Å². The summed E-state index contributed by atoms with van der Waals surface area (Å²) in [5.41, 5.74) is 5.06. The third-order valence-electron chi connectivity index (χ3n) is 4.80. The highest BCUT2D eigenvalue weighted by molar-refractivity contribution is 8.00. The topological polar surface area (TPSA) is 65.0 Å². The van der Waals surface area contributed by atoms with Gasteiger partial charge in [0.05, 0.1) is 23.1 Å². The minimum atomic E-state index is -0.250. The number of methoxy groups -OCH3 is 1. The van der Waals surface area contributed by atoms with Crippen LogP contribution >= 0.6 is 34.9 Å². The molecule has 142 valence electrons. The Morgan fingerprint density at radius 2 is 2.00 bits per heavy atom. The lowest BCUT2D eigenvalue weighted by Gasteiger charge is -2.11. The molecule has 0 N–H and O–H groups in total. The molecule has 0 unspecified atom stereocenters. The molecule has 3 aromatic heterocycles. The van der Waals surface area contributed by atoms with Crippen molar-refractivity contribution in [2.45, 2.75) is 49.2 Å². The lowest BCUT2D eigenvalue weighted by Crippen LogP contribution is -2.03. The number of esters is 1. The molecule has 0 aliphatic heterocycles. The maximum atomic E-state index is 11.6. The Hall–Kier alpha value is -1.38. The van der Waals surface area contributed by atoms with Gasteiger partial charge in [-0.1, -0.05) is 37.4 Å². The monoisotopic (exact) mass is 419 g/mol. The van der Waals surface area contributed by atoms with E-state index in [1.54, 1.807) is 11.3 Å². The fraction of sp³-hybridized carbons (Fsp3) is 0.474. The number of aromatic nitrogens is 3. The van der Waals surface area contributed by atoms with Crippen LogP contribution in [0.2, 0.25) is 0 Å². The summed E-state index contributed by atoms with van der Waals surface area (Å²) in [6.07, 6.45) is 5.35. The van der Waals surface area contributed by atoms with Crippen LogP contribution in [0.3, 0.4) is 0 Å². The number of fused-ring (bicyclic) bond motifs is 5. The highest BCUT2D eigenvalue weighted by Crippen LogP contribution is 2.43. The van der Waals surface area contributed by atoms with Gasteiger partial charge in [-0.3, -0.25) is 4.79 Å². The lowest BCUT2D eigenvalue weighted by atomic mass is 9.99. The van der Waals surface area contributed by atoms with Crippen LogP contribution in [-0.4, -0.2) is 40.0 Å². The van der Waals surface area contributed by atoms with Gasteiger partial charge in [-0.15, -0.1) is 11.3 Å². The van der Waals surface area contributed by atoms with Gasteiger partial charge in [-0.05, 0) is 42.6 Å². The summed E-state index contributed by atoms with van der Waals surface area (Å²) in [7, 11) is 1.41. The largest absolute Gasteiger partial charge is 0.468 e. The van der Waals surface area contributed by atoms with E-state index < -0.39 is 0 Å². The molecular weight excluding hydrogens is 398 g/mol. The van der Waals surface area contributed by atoms with Crippen LogP contribution in [0.4, 0.5) is 0 Å². The first kappa shape index (κ1) is 19.0. The Bertz CT molecular complexity index is 1050. The number of hydrogen-bond acceptors (Lipinski definition) is 8. The molecule has 8 heteroatoms. The van der Waals surface area contributed by atoms with Crippen molar-refractivity contribution in [1.29, 1.82) is 0 Å². The van der Waals surface area contributed by atoms with Crippen LogP contribution in [0.5, 0.6) is 0 Å². The third kappa shape index (κ3) is 3.32. The molecule has 0 amide bonds. The van der Waals surface area contributed by atoms with Gasteiger partial charge >= 0.3 is 5.97 Å². The number of thioether (sulfide) groups is 2. The summed E-state index contributed by atoms with van der Waals surface area (Å²) in [5, 5.41) is 2.77. The van der Waals surface area contributed by atoms with Crippen molar-refractivity contribution >= 4 is 61.3 Å². The number of pyridine rings is 1. The molecule has 0 bridgehead atoms. The zero-order valence-electron chi connectivity index (χ0n) is 15.8. The minimum absolute atomic E-state index is 0.244. The fourth-order valence-corrected chi connectivity index (χ4v) is 6.12. The number of hydrogen-bond donors (Lipinski definition) is 0. The van der Waals surface area contributed by atoms with E-state index in [1.165, 1.54) is 59.3 Å². The number of ether oxygens (including phenoxy) is 1. The van der Waals surface area contributed by atoms with E-state index in [-0.39, 0.29) is 11.7 Å². The Morgan fingerprint density at radius 3 is 2.70 bits per heavy atom. The molecule has 0 atom stereocenters. The van der Waals surface area contributed by atoms with E-state index in [1.807, 2.05) is 6.26 Å². The maximum absolute atomic E-state index is 11.6. The second-order valence-corrected chi connectivity index (χ2v) is 9.54. The summed E-state index contributed by atoms with van der Waals surface area (Å²) >= 11 is 4.58. The molecule has 3 aromatic rings. The van der Waals surface area contributed by atoms with Crippen molar-refractivity contribution in [2.24, 2.45) is 0 Å². The molecule has 27 heavy (non-hydrogen) atoms. The van der Waals surface area contributed by atoms with Crippen LogP contribution in [0.15, 0.2) is 10.2 Å². The van der Waals surface area contributed by atoms with Gasteiger partial charge in [0.15, 0.2) is 5.16 Å². The molecule has 5 nitrogen and oxygen atoms in total. The predicted octanol–water partition coefficient (Wildman–Crippen LogP) is 4.84. The zero-order valence-corrected chi connectivity index (χ0v) is 18.2. The summed E-state index contributed by atoms with van der Waals surface area (Å²) < 4.78 is 5.81. The van der Waals surface area contributed by atoms with Crippen molar-refractivity contribution in [2.75, 3.05) is 19.1 Å². The van der Waals surface area contributed by atoms with Crippen molar-refractivity contribution in [3.8, 4) is 0 Å². The average Bonchev–Trinajstić information content (AvgIpc) is 3.28. The molecule has 0 aromatic carbocycles. The number of carbonyl (C=O) groups excluding carboxylic acids is 1. The Morgan fingerprint density at radius 1 is 1.22 bits per heavy atom. The summed E-state index contributed by atoms with van der Waals surface area (Å²) in [5.74, 6) is 0.403. The second-order valence-electron chi connectivity index (χ2n) is 6.80. The molecule has 1 aliphatic carbocycles. The summed E-state index contributed by atoms with van der Waals surface area (Å²) in [6.45, 7) is 4.42. The zero-order chi connectivity index (χ0) is 19.1. The van der Waals surface area contributed by atoms with Gasteiger partial charge in [0.1, 0.15) is 9.86 Å². The first-order chi connectivity index (χ1) is 13.0. The molecule has 0 radical (unpaired) electrons. The van der Waals surface area contributed by atoms with Gasteiger partial charge in [-0.25, -0.2) is 15.0 Å². The van der Waals surface area contributed by atoms with E-state index in [0.717, 1.165) is 38.1 Å². The summed E-state index contributed by atoms with van der Waals surface area (Å²) in [4.78, 5) is 27.2. The second kappa shape index (κ2) is 7.56. The number of nitrogens with zero attached hydrogens (tertiary/aromatic N) is 3. The normalized spacial score (nSPS) is 13.7. The molecule has 0 spiro atoms. The van der Waals surface area contributed by atoms with Crippen LogP contribution in [0, 0.1) is 0 Å². The Labute approximate surface area is 170 Å². The Kier molecular flexibility index (Phi) is 5.31. The van der Waals surface area contributed by atoms with Crippen molar-refractivity contribution < 1.29 is 9.53 Å². The molecule has 0 saturated carbocycles. The molecule has 3 heterocycles. The van der Waals surface area contributed by atoms with Crippen molar-refractivity contribution in [3.63, 3.8) is 0 Å². The van der Waals surface area contributed by atoms with E-state index in [4.69, 9.17) is 14.7 Å². The first-order valence-corrected chi connectivity index (χ1v) is 12.0. The van der Waals surface area contributed by atoms with Gasteiger partial charge in [-0.2, -0.15) is 0 Å².